The second-order valence-electron chi connectivity index (χ2n) is 6.04. The van der Waals surface area contributed by atoms with E-state index in [2.05, 4.69) is 26.2 Å². The average molecular weight is 339 g/mol. The molecule has 2 aromatic rings. The highest BCUT2D eigenvalue weighted by Gasteiger charge is 2.25. The fourth-order valence-corrected chi connectivity index (χ4v) is 5.66. The van der Waals surface area contributed by atoms with Gasteiger partial charge in [-0.2, -0.15) is 0 Å². The highest BCUT2D eigenvalue weighted by atomic mass is 32.1. The lowest BCUT2D eigenvalue weighted by atomic mass is 9.90. The molecule has 0 bridgehead atoms. The van der Waals surface area contributed by atoms with Gasteiger partial charge in [0, 0.05) is 9.40 Å². The predicted octanol–water partition coefficient (Wildman–Crippen LogP) is 6.82. The number of carboxylic acids is 1. The van der Waals surface area contributed by atoms with E-state index in [4.69, 9.17) is 0 Å². The molecule has 0 amide bonds. The summed E-state index contributed by atoms with van der Waals surface area (Å²) in [5, 5.41) is 11.7. The quantitative estimate of drug-likeness (QED) is 0.509. The lowest BCUT2D eigenvalue weighted by Crippen LogP contribution is -2.04. The fourth-order valence-electron chi connectivity index (χ4n) is 3.08. The number of fused-ring (bicyclic) bond motifs is 1. The third-order valence-corrected chi connectivity index (χ3v) is 6.95. The Labute approximate surface area is 141 Å². The number of hydrogen-bond acceptors (Lipinski definition) is 3. The normalized spacial score (nSPS) is 12.9. The molecule has 2 nitrogen and oxygen atoms in total. The minimum absolute atomic E-state index is 0.388. The van der Waals surface area contributed by atoms with E-state index in [0.29, 0.717) is 10.8 Å². The summed E-state index contributed by atoms with van der Waals surface area (Å²) < 4.78 is 2.40. The monoisotopic (exact) mass is 338 g/mol. The first-order valence-corrected chi connectivity index (χ1v) is 10.0. The van der Waals surface area contributed by atoms with Gasteiger partial charge in [0.05, 0.1) is 0 Å². The number of unbranched alkanes of at least 4 members (excludes halogenated alkanes) is 4. The molecule has 0 saturated heterocycles. The molecule has 22 heavy (non-hydrogen) atoms. The van der Waals surface area contributed by atoms with Crippen molar-refractivity contribution < 1.29 is 9.90 Å². The molecular weight excluding hydrogens is 312 g/mol. The van der Waals surface area contributed by atoms with Gasteiger partial charge in [-0.1, -0.05) is 46.0 Å². The van der Waals surface area contributed by atoms with Crippen LogP contribution in [0.3, 0.4) is 0 Å². The number of carbonyl (C=O) groups is 1. The third-order valence-electron chi connectivity index (χ3n) is 4.36. The van der Waals surface area contributed by atoms with E-state index in [-0.39, 0.29) is 0 Å². The van der Waals surface area contributed by atoms with E-state index < -0.39 is 5.97 Å². The van der Waals surface area contributed by atoms with Gasteiger partial charge in [0.1, 0.15) is 4.88 Å². The van der Waals surface area contributed by atoms with Crippen molar-refractivity contribution in [1.29, 1.82) is 0 Å². The molecular formula is C18H26O2S2. The minimum Gasteiger partial charge on any atom is -0.477 e. The van der Waals surface area contributed by atoms with Gasteiger partial charge in [0.2, 0.25) is 0 Å². The SMILES string of the molecule is CCCCCCCC(CC)c1c(C(=O)O)sc2c(C)csc12. The molecule has 0 aliphatic carbocycles. The molecule has 1 N–H and O–H groups in total. The molecule has 2 aromatic heterocycles. The molecule has 2 heterocycles. The van der Waals surface area contributed by atoms with Crippen LogP contribution in [0.5, 0.6) is 0 Å². The van der Waals surface area contributed by atoms with Gasteiger partial charge in [-0.15, -0.1) is 22.7 Å². The Balaban J connectivity index is 2.21. The Morgan fingerprint density at radius 3 is 2.55 bits per heavy atom. The summed E-state index contributed by atoms with van der Waals surface area (Å²) in [4.78, 5) is 12.2. The third kappa shape index (κ3) is 3.72. The van der Waals surface area contributed by atoms with Gasteiger partial charge in [0.15, 0.2) is 0 Å². The molecule has 2 rings (SSSR count). The van der Waals surface area contributed by atoms with Crippen LogP contribution in [-0.4, -0.2) is 11.1 Å². The average Bonchev–Trinajstić information content (AvgIpc) is 3.04. The summed E-state index contributed by atoms with van der Waals surface area (Å²) in [6, 6.07) is 0. The molecule has 0 radical (unpaired) electrons. The number of hydrogen-bond donors (Lipinski definition) is 1. The zero-order chi connectivity index (χ0) is 16.1. The van der Waals surface area contributed by atoms with Crippen LogP contribution in [0.1, 0.15) is 85.5 Å². The van der Waals surface area contributed by atoms with Crippen molar-refractivity contribution in [1.82, 2.24) is 0 Å². The highest BCUT2D eigenvalue weighted by molar-refractivity contribution is 7.28. The zero-order valence-corrected chi connectivity index (χ0v) is 15.4. The molecule has 0 aliphatic rings. The molecule has 1 unspecified atom stereocenters. The first kappa shape index (κ1) is 17.5. The van der Waals surface area contributed by atoms with E-state index in [9.17, 15) is 9.90 Å². The summed E-state index contributed by atoms with van der Waals surface area (Å²) in [6.45, 7) is 6.50. The number of aryl methyl sites for hydroxylation is 1. The van der Waals surface area contributed by atoms with Gasteiger partial charge >= 0.3 is 5.97 Å². The molecule has 0 spiro atoms. The first-order chi connectivity index (χ1) is 10.6. The summed E-state index contributed by atoms with van der Waals surface area (Å²) in [5.41, 5.74) is 2.33. The van der Waals surface area contributed by atoms with Crippen LogP contribution in [0.2, 0.25) is 0 Å². The molecule has 0 fully saturated rings. The van der Waals surface area contributed by atoms with Crippen LogP contribution in [-0.2, 0) is 0 Å². The second-order valence-corrected chi connectivity index (χ2v) is 7.94. The summed E-state index contributed by atoms with van der Waals surface area (Å²) in [7, 11) is 0. The Kier molecular flexibility index (Phi) is 6.45. The van der Waals surface area contributed by atoms with Crippen molar-refractivity contribution in [2.24, 2.45) is 0 Å². The maximum atomic E-state index is 11.7. The molecule has 1 atom stereocenters. The maximum absolute atomic E-state index is 11.7. The van der Waals surface area contributed by atoms with E-state index in [0.717, 1.165) is 18.4 Å². The Morgan fingerprint density at radius 1 is 1.18 bits per heavy atom. The summed E-state index contributed by atoms with van der Waals surface area (Å²) in [5.74, 6) is -0.369. The largest absolute Gasteiger partial charge is 0.477 e. The van der Waals surface area contributed by atoms with Gasteiger partial charge < -0.3 is 5.11 Å². The van der Waals surface area contributed by atoms with Gasteiger partial charge in [-0.3, -0.25) is 0 Å². The smallest absolute Gasteiger partial charge is 0.346 e. The minimum atomic E-state index is -0.757. The summed E-state index contributed by atoms with van der Waals surface area (Å²) in [6.07, 6.45) is 8.49. The van der Waals surface area contributed by atoms with Crippen molar-refractivity contribution in [3.8, 4) is 0 Å². The standard InChI is InChI=1S/C18H26O2S2/c1-4-6-7-8-9-10-13(5-2)14-16-15(12(3)11-21-16)22-17(14)18(19)20/h11,13H,4-10H2,1-3H3,(H,19,20). The van der Waals surface area contributed by atoms with Crippen LogP contribution in [0, 0.1) is 6.92 Å². The van der Waals surface area contributed by atoms with Crippen LogP contribution in [0.25, 0.3) is 9.40 Å². The van der Waals surface area contributed by atoms with Crippen molar-refractivity contribution in [2.45, 2.75) is 71.6 Å². The molecule has 122 valence electrons. The molecule has 0 aliphatic heterocycles. The molecule has 0 saturated carbocycles. The van der Waals surface area contributed by atoms with Crippen molar-refractivity contribution >= 4 is 38.0 Å². The van der Waals surface area contributed by atoms with E-state index in [1.165, 1.54) is 58.4 Å². The topological polar surface area (TPSA) is 37.3 Å². The van der Waals surface area contributed by atoms with Crippen molar-refractivity contribution in [3.05, 3.63) is 21.4 Å². The van der Waals surface area contributed by atoms with Crippen molar-refractivity contribution in [3.63, 3.8) is 0 Å². The molecule has 4 heteroatoms. The zero-order valence-electron chi connectivity index (χ0n) is 13.8. The van der Waals surface area contributed by atoms with Gasteiger partial charge in [-0.25, -0.2) is 4.79 Å². The summed E-state index contributed by atoms with van der Waals surface area (Å²) >= 11 is 3.18. The maximum Gasteiger partial charge on any atom is 0.346 e. The van der Waals surface area contributed by atoms with Crippen molar-refractivity contribution in [2.75, 3.05) is 0 Å². The predicted molar refractivity (Wildman–Crippen MR) is 97.8 cm³/mol. The Hall–Kier alpha value is -0.870. The van der Waals surface area contributed by atoms with E-state index >= 15 is 0 Å². The van der Waals surface area contributed by atoms with Crippen LogP contribution in [0.15, 0.2) is 5.38 Å². The fraction of sp³-hybridized carbons (Fsp3) is 0.611. The van der Waals surface area contributed by atoms with Crippen LogP contribution >= 0.6 is 22.7 Å². The number of thiophene rings is 2. The number of aromatic carboxylic acids is 1. The van der Waals surface area contributed by atoms with Gasteiger partial charge in [-0.05, 0) is 42.2 Å². The second kappa shape index (κ2) is 8.11. The lowest BCUT2D eigenvalue weighted by Gasteiger charge is -2.15. The van der Waals surface area contributed by atoms with Crippen LogP contribution in [0.4, 0.5) is 0 Å². The lowest BCUT2D eigenvalue weighted by molar-refractivity contribution is 0.0700. The first-order valence-electron chi connectivity index (χ1n) is 8.33. The van der Waals surface area contributed by atoms with E-state index in [1.807, 2.05) is 0 Å². The van der Waals surface area contributed by atoms with E-state index in [1.54, 1.807) is 11.3 Å². The Morgan fingerprint density at radius 2 is 1.91 bits per heavy atom. The number of carboxylic acid groups (broad SMARTS) is 1. The Bertz CT molecular complexity index is 624. The van der Waals surface area contributed by atoms with Gasteiger partial charge in [0.25, 0.3) is 0 Å². The highest BCUT2D eigenvalue weighted by Crippen LogP contribution is 2.44. The van der Waals surface area contributed by atoms with Crippen LogP contribution < -0.4 is 0 Å². The molecule has 0 aromatic carbocycles. The number of rotatable bonds is 9.